The summed E-state index contributed by atoms with van der Waals surface area (Å²) in [6.07, 6.45) is -0.964. The molecule has 3 saturated heterocycles. The van der Waals surface area contributed by atoms with Crippen LogP contribution >= 0.6 is 12.2 Å². The summed E-state index contributed by atoms with van der Waals surface area (Å²) >= 11 is 5.82. The van der Waals surface area contributed by atoms with E-state index in [1.54, 1.807) is 12.1 Å². The number of anilines is 1. The number of para-hydroxylation sites is 1. The molecular weight excluding hydrogens is 379 g/mol. The first-order chi connectivity index (χ1) is 13.5. The minimum atomic E-state index is -0.710. The number of rotatable bonds is 3. The van der Waals surface area contributed by atoms with Crippen molar-refractivity contribution in [1.82, 2.24) is 4.90 Å². The van der Waals surface area contributed by atoms with E-state index in [9.17, 15) is 14.3 Å². The van der Waals surface area contributed by atoms with Crippen molar-refractivity contribution in [1.29, 1.82) is 0 Å². The molecule has 4 aliphatic rings. The van der Waals surface area contributed by atoms with E-state index < -0.39 is 18.1 Å². The molecule has 3 heterocycles. The molecule has 0 amide bonds. The van der Waals surface area contributed by atoms with Crippen LogP contribution in [0.5, 0.6) is 0 Å². The maximum absolute atomic E-state index is 13.3. The Labute approximate surface area is 167 Å². The van der Waals surface area contributed by atoms with Crippen LogP contribution in [-0.2, 0) is 16.1 Å². The van der Waals surface area contributed by atoms with Crippen LogP contribution in [0.2, 0.25) is 0 Å². The second-order valence-corrected chi connectivity index (χ2v) is 7.90. The molecule has 0 aromatic heterocycles. The highest BCUT2D eigenvalue weighted by Crippen LogP contribution is 2.46. The highest BCUT2D eigenvalue weighted by Gasteiger charge is 2.62. The zero-order valence-corrected chi connectivity index (χ0v) is 15.8. The number of halogens is 1. The highest BCUT2D eigenvalue weighted by molar-refractivity contribution is 7.80. The van der Waals surface area contributed by atoms with Crippen molar-refractivity contribution >= 4 is 29.0 Å². The Balaban J connectivity index is 1.56. The normalized spacial score (nSPS) is 31.1. The fourth-order valence-corrected chi connectivity index (χ4v) is 5.13. The van der Waals surface area contributed by atoms with Crippen molar-refractivity contribution in [2.75, 3.05) is 4.90 Å². The summed E-state index contributed by atoms with van der Waals surface area (Å²) < 4.78 is 18.9. The van der Waals surface area contributed by atoms with Crippen molar-refractivity contribution in [2.45, 2.75) is 37.3 Å². The van der Waals surface area contributed by atoms with Gasteiger partial charge in [-0.15, -0.1) is 0 Å². The number of carbonyl (C=O) groups is 1. The van der Waals surface area contributed by atoms with Gasteiger partial charge in [0.2, 0.25) is 0 Å². The van der Waals surface area contributed by atoms with Crippen LogP contribution in [0.3, 0.4) is 0 Å². The number of thiocarbonyl (C=S) groups is 1. The number of aliphatic hydroxyl groups excluding tert-OH is 1. The molecule has 5 nitrogen and oxygen atoms in total. The van der Waals surface area contributed by atoms with Crippen LogP contribution in [-0.4, -0.2) is 45.4 Å². The Hall–Kier alpha value is -2.51. The number of hydrogen-bond acceptors (Lipinski definition) is 4. The third-order valence-electron chi connectivity index (χ3n) is 5.94. The van der Waals surface area contributed by atoms with Crippen LogP contribution in [0, 0.1) is 11.7 Å². The molecule has 0 unspecified atom stereocenters. The molecule has 0 spiro atoms. The Bertz CT molecular complexity index is 923. The van der Waals surface area contributed by atoms with Crippen molar-refractivity contribution in [3.8, 4) is 0 Å². The number of aliphatic hydroxyl groups is 1. The number of nitrogens with zero attached hydrogens (tertiary/aromatic N) is 2. The minimum absolute atomic E-state index is 0.190. The smallest absolute Gasteiger partial charge is 0.311 e. The van der Waals surface area contributed by atoms with Gasteiger partial charge in [-0.2, -0.15) is 0 Å². The largest absolute Gasteiger partial charge is 0.457 e. The lowest BCUT2D eigenvalue weighted by Crippen LogP contribution is -2.66. The fraction of sp³-hybridized carbons (Fsp3) is 0.333. The minimum Gasteiger partial charge on any atom is -0.457 e. The van der Waals surface area contributed by atoms with Crippen LogP contribution in [0.1, 0.15) is 12.0 Å². The lowest BCUT2D eigenvalue weighted by molar-refractivity contribution is -0.194. The van der Waals surface area contributed by atoms with E-state index >= 15 is 0 Å². The topological polar surface area (TPSA) is 53.0 Å². The first-order valence-electron chi connectivity index (χ1n) is 9.32. The third-order valence-corrected chi connectivity index (χ3v) is 6.37. The van der Waals surface area contributed by atoms with E-state index in [1.807, 2.05) is 40.1 Å². The van der Waals surface area contributed by atoms with Gasteiger partial charge >= 0.3 is 5.97 Å². The van der Waals surface area contributed by atoms with Crippen molar-refractivity contribution in [3.05, 3.63) is 66.0 Å². The Kier molecular flexibility index (Phi) is 4.10. The molecule has 1 saturated carbocycles. The average Bonchev–Trinajstić information content (AvgIpc) is 2.99. The van der Waals surface area contributed by atoms with Crippen molar-refractivity contribution in [3.63, 3.8) is 0 Å². The monoisotopic (exact) mass is 398 g/mol. The Morgan fingerprint density at radius 3 is 2.54 bits per heavy atom. The van der Waals surface area contributed by atoms with E-state index in [4.69, 9.17) is 17.0 Å². The number of hydrogen-bond donors (Lipinski definition) is 1. The molecule has 28 heavy (non-hydrogen) atoms. The summed E-state index contributed by atoms with van der Waals surface area (Å²) in [5, 5.41) is 11.1. The predicted molar refractivity (Wildman–Crippen MR) is 105 cm³/mol. The SMILES string of the molecule is O=C1O[C@@H]2[C@H]3[C@@H]([C@H]1C[C@H]2O)N(c1ccccc1)C(=S)N3Cc1ccc(F)cc1. The van der Waals surface area contributed by atoms with Crippen LogP contribution in [0.4, 0.5) is 10.1 Å². The highest BCUT2D eigenvalue weighted by atomic mass is 32.1. The number of carbonyl (C=O) groups excluding carboxylic acids is 1. The molecule has 0 radical (unpaired) electrons. The Morgan fingerprint density at radius 1 is 1.11 bits per heavy atom. The third kappa shape index (κ3) is 2.61. The maximum atomic E-state index is 13.3. The zero-order valence-electron chi connectivity index (χ0n) is 14.9. The van der Waals surface area contributed by atoms with Gasteiger partial charge in [0, 0.05) is 12.2 Å². The maximum Gasteiger partial charge on any atom is 0.311 e. The first kappa shape index (κ1) is 17.6. The van der Waals surface area contributed by atoms with Gasteiger partial charge in [-0.3, -0.25) is 4.79 Å². The standard InChI is InChI=1S/C21H19FN2O3S/c22-13-8-6-12(7-9-13)11-23-18-17(15-10-16(25)19(18)27-20(15)26)24(21(23)28)14-4-2-1-3-5-14/h1-9,15-19,25H,10-11H2/t15-,16-,17-,18-,19+/m1/s1. The number of esters is 1. The number of ether oxygens (including phenoxy) is 1. The molecule has 5 atom stereocenters. The lowest BCUT2D eigenvalue weighted by Gasteiger charge is -2.49. The summed E-state index contributed by atoms with van der Waals surface area (Å²) in [7, 11) is 0. The molecule has 7 heteroatoms. The van der Waals surface area contributed by atoms with Gasteiger partial charge in [0.1, 0.15) is 11.9 Å². The van der Waals surface area contributed by atoms with Crippen LogP contribution in [0.15, 0.2) is 54.6 Å². The molecule has 1 N–H and O–H groups in total. The molecule has 1 aliphatic carbocycles. The molecular formula is C21H19FN2O3S. The van der Waals surface area contributed by atoms with Crippen LogP contribution in [0.25, 0.3) is 0 Å². The molecule has 3 aliphatic heterocycles. The Morgan fingerprint density at radius 2 is 1.82 bits per heavy atom. The van der Waals surface area contributed by atoms with Gasteiger partial charge in [-0.25, -0.2) is 4.39 Å². The fourth-order valence-electron chi connectivity index (χ4n) is 4.72. The van der Waals surface area contributed by atoms with Gasteiger partial charge < -0.3 is 19.6 Å². The van der Waals surface area contributed by atoms with E-state index in [0.717, 1.165) is 11.3 Å². The molecule has 2 aromatic rings. The van der Waals surface area contributed by atoms with Crippen molar-refractivity contribution < 1.29 is 19.0 Å². The van der Waals surface area contributed by atoms with Crippen LogP contribution < -0.4 is 4.90 Å². The summed E-state index contributed by atoms with van der Waals surface area (Å²) in [5.41, 5.74) is 1.82. The van der Waals surface area contributed by atoms with E-state index in [2.05, 4.69) is 0 Å². The van der Waals surface area contributed by atoms with Gasteiger partial charge in [-0.1, -0.05) is 30.3 Å². The van der Waals surface area contributed by atoms with Gasteiger partial charge in [0.25, 0.3) is 0 Å². The molecule has 2 aromatic carbocycles. The second-order valence-electron chi connectivity index (χ2n) is 7.53. The summed E-state index contributed by atoms with van der Waals surface area (Å²) in [6.45, 7) is 0.455. The van der Waals surface area contributed by atoms with E-state index in [0.29, 0.717) is 18.1 Å². The average molecular weight is 398 g/mol. The lowest BCUT2D eigenvalue weighted by atomic mass is 9.74. The van der Waals surface area contributed by atoms with E-state index in [-0.39, 0.29) is 23.9 Å². The predicted octanol–water partition coefficient (Wildman–Crippen LogP) is 2.48. The number of fused-ring (bicyclic) bond motifs is 2. The summed E-state index contributed by atoms with van der Waals surface area (Å²) in [6, 6.07) is 15.6. The molecule has 6 rings (SSSR count). The summed E-state index contributed by atoms with van der Waals surface area (Å²) in [5.74, 6) is -1.01. The van der Waals surface area contributed by atoms with E-state index in [1.165, 1.54) is 12.1 Å². The molecule has 2 bridgehead atoms. The van der Waals surface area contributed by atoms with Gasteiger partial charge in [0.05, 0.1) is 24.1 Å². The summed E-state index contributed by atoms with van der Waals surface area (Å²) in [4.78, 5) is 16.5. The number of benzene rings is 2. The molecule has 144 valence electrons. The molecule has 4 fully saturated rings. The zero-order chi connectivity index (χ0) is 19.4. The van der Waals surface area contributed by atoms with Crippen molar-refractivity contribution in [2.24, 2.45) is 5.92 Å². The quantitative estimate of drug-likeness (QED) is 0.633. The second kappa shape index (κ2) is 6.53. The first-order valence-corrected chi connectivity index (χ1v) is 9.73. The van der Waals surface area contributed by atoms with Gasteiger partial charge in [0.15, 0.2) is 5.11 Å². The van der Waals surface area contributed by atoms with Gasteiger partial charge in [-0.05, 0) is 48.5 Å².